The largest absolute Gasteiger partial charge is 0.496 e. The maximum atomic E-state index is 5.06. The van der Waals surface area contributed by atoms with Crippen LogP contribution >= 0.6 is 15.9 Å². The fourth-order valence-corrected chi connectivity index (χ4v) is 1.35. The van der Waals surface area contributed by atoms with Crippen LogP contribution in [0.1, 0.15) is 20.3 Å². The van der Waals surface area contributed by atoms with Gasteiger partial charge in [-0.2, -0.15) is 0 Å². The highest BCUT2D eigenvalue weighted by molar-refractivity contribution is 9.11. The van der Waals surface area contributed by atoms with Crippen LogP contribution < -0.4 is 0 Å². The van der Waals surface area contributed by atoms with Crippen LogP contribution in [-0.2, 0) is 4.74 Å². The van der Waals surface area contributed by atoms with Gasteiger partial charge >= 0.3 is 0 Å². The van der Waals surface area contributed by atoms with Crippen LogP contribution in [0.15, 0.2) is 22.4 Å². The molecule has 0 unspecified atom stereocenters. The molecule has 0 aromatic heterocycles. The third-order valence-electron chi connectivity index (χ3n) is 1.10. The number of hydrogen-bond donors (Lipinski definition) is 0. The van der Waals surface area contributed by atoms with Crippen LogP contribution in [0.4, 0.5) is 0 Å². The summed E-state index contributed by atoms with van der Waals surface area (Å²) in [5.41, 5.74) is 0. The minimum absolute atomic E-state index is 0.891. The summed E-state index contributed by atoms with van der Waals surface area (Å²) >= 11 is 3.39. The number of allylic oxidation sites excluding steroid dienone is 3. The zero-order valence-electron chi connectivity index (χ0n) is 6.65. The van der Waals surface area contributed by atoms with Crippen LogP contribution in [0.3, 0.4) is 0 Å². The average Bonchev–Trinajstić information content (AvgIpc) is 1.91. The van der Waals surface area contributed by atoms with Crippen molar-refractivity contribution >= 4 is 15.9 Å². The highest BCUT2D eigenvalue weighted by Gasteiger charge is 1.96. The van der Waals surface area contributed by atoms with Crippen molar-refractivity contribution in [3.8, 4) is 0 Å². The van der Waals surface area contributed by atoms with Crippen molar-refractivity contribution in [2.45, 2.75) is 20.3 Å². The first-order valence-corrected chi connectivity index (χ1v) is 4.11. The number of ether oxygens (including phenoxy) is 1. The van der Waals surface area contributed by atoms with Crippen molar-refractivity contribution in [1.82, 2.24) is 0 Å². The molecule has 0 atom stereocenters. The molecule has 0 saturated carbocycles. The smallest absolute Gasteiger partial charge is 0.128 e. The van der Waals surface area contributed by atoms with Gasteiger partial charge in [0.2, 0.25) is 0 Å². The van der Waals surface area contributed by atoms with Crippen LogP contribution in [0.25, 0.3) is 0 Å². The molecule has 0 aliphatic heterocycles. The average molecular weight is 205 g/mol. The van der Waals surface area contributed by atoms with E-state index in [4.69, 9.17) is 4.74 Å². The van der Waals surface area contributed by atoms with Crippen LogP contribution in [0, 0.1) is 0 Å². The number of hydrogen-bond acceptors (Lipinski definition) is 1. The van der Waals surface area contributed by atoms with Crippen LogP contribution in [0.5, 0.6) is 0 Å². The fraction of sp³-hybridized carbons (Fsp3) is 0.500. The summed E-state index contributed by atoms with van der Waals surface area (Å²) in [5.74, 6) is 0.891. The zero-order valence-corrected chi connectivity index (χ0v) is 8.23. The van der Waals surface area contributed by atoms with E-state index in [1.165, 1.54) is 0 Å². The summed E-state index contributed by atoms with van der Waals surface area (Å²) in [6.45, 7) is 4.04. The Morgan fingerprint density at radius 2 is 2.20 bits per heavy atom. The van der Waals surface area contributed by atoms with E-state index in [9.17, 15) is 0 Å². The molecule has 0 fully saturated rings. The first kappa shape index (κ1) is 9.76. The van der Waals surface area contributed by atoms with Crippen molar-refractivity contribution in [3.05, 3.63) is 22.4 Å². The van der Waals surface area contributed by atoms with Crippen molar-refractivity contribution in [1.29, 1.82) is 0 Å². The molecule has 0 heterocycles. The second-order valence-electron chi connectivity index (χ2n) is 1.82. The standard InChI is InChI=1S/C8H13BrO/c1-4-6-7(9)8(5-2)10-3/h5-6H,4H2,1-3H3/b7-6+,8-5+. The lowest BCUT2D eigenvalue weighted by Crippen LogP contribution is -1.84. The third-order valence-corrected chi connectivity index (χ3v) is 1.82. The van der Waals surface area contributed by atoms with E-state index in [2.05, 4.69) is 28.9 Å². The molecule has 0 N–H and O–H groups in total. The summed E-state index contributed by atoms with van der Waals surface area (Å²) in [4.78, 5) is 0. The van der Waals surface area contributed by atoms with E-state index in [-0.39, 0.29) is 0 Å². The highest BCUT2D eigenvalue weighted by atomic mass is 79.9. The molecule has 1 nitrogen and oxygen atoms in total. The van der Waals surface area contributed by atoms with Gasteiger partial charge in [0.05, 0.1) is 11.6 Å². The summed E-state index contributed by atoms with van der Waals surface area (Å²) in [5, 5.41) is 0. The topological polar surface area (TPSA) is 9.23 Å². The van der Waals surface area contributed by atoms with Gasteiger partial charge in [-0.3, -0.25) is 0 Å². The van der Waals surface area contributed by atoms with E-state index in [0.717, 1.165) is 16.7 Å². The minimum Gasteiger partial charge on any atom is -0.496 e. The Morgan fingerprint density at radius 1 is 1.60 bits per heavy atom. The zero-order chi connectivity index (χ0) is 7.98. The Hall–Kier alpha value is -0.240. The van der Waals surface area contributed by atoms with Crippen LogP contribution in [0.2, 0.25) is 0 Å². The first-order valence-electron chi connectivity index (χ1n) is 3.32. The van der Waals surface area contributed by atoms with E-state index in [0.29, 0.717) is 0 Å². The van der Waals surface area contributed by atoms with Gasteiger partial charge in [0.25, 0.3) is 0 Å². The Bertz CT molecular complexity index is 147. The lowest BCUT2D eigenvalue weighted by Gasteiger charge is -2.02. The SMILES string of the molecule is C/C=C(OC)\C(Br)=C/CC. The van der Waals surface area contributed by atoms with Gasteiger partial charge in [0.15, 0.2) is 0 Å². The molecule has 0 saturated heterocycles. The summed E-state index contributed by atoms with van der Waals surface area (Å²) in [7, 11) is 1.67. The van der Waals surface area contributed by atoms with Crippen molar-refractivity contribution in [3.63, 3.8) is 0 Å². The molecule has 0 rings (SSSR count). The monoisotopic (exact) mass is 204 g/mol. The number of methoxy groups -OCH3 is 1. The third kappa shape index (κ3) is 3.06. The quantitative estimate of drug-likeness (QED) is 0.507. The molecule has 0 amide bonds. The van der Waals surface area contributed by atoms with Gasteiger partial charge in [0.1, 0.15) is 5.76 Å². The highest BCUT2D eigenvalue weighted by Crippen LogP contribution is 2.17. The van der Waals surface area contributed by atoms with Gasteiger partial charge in [-0.15, -0.1) is 0 Å². The predicted molar refractivity (Wildman–Crippen MR) is 48.1 cm³/mol. The van der Waals surface area contributed by atoms with Gasteiger partial charge in [0, 0.05) is 0 Å². The van der Waals surface area contributed by atoms with E-state index >= 15 is 0 Å². The molecule has 0 spiro atoms. The Labute approximate surface area is 70.9 Å². The molecular formula is C8H13BrO. The first-order chi connectivity index (χ1) is 4.76. The molecule has 0 aromatic carbocycles. The predicted octanol–water partition coefficient (Wildman–Crippen LogP) is 3.23. The van der Waals surface area contributed by atoms with Gasteiger partial charge in [-0.05, 0) is 35.4 Å². The molecule has 0 bridgehead atoms. The molecule has 2 heteroatoms. The van der Waals surface area contributed by atoms with Crippen molar-refractivity contribution in [2.75, 3.05) is 7.11 Å². The maximum absolute atomic E-state index is 5.06. The Balaban J connectivity index is 4.16. The van der Waals surface area contributed by atoms with Crippen LogP contribution in [-0.4, -0.2) is 7.11 Å². The minimum atomic E-state index is 0.891. The second kappa shape index (κ2) is 5.54. The van der Waals surface area contributed by atoms with E-state index in [1.807, 2.05) is 13.0 Å². The molecule has 0 aliphatic carbocycles. The summed E-state index contributed by atoms with van der Waals surface area (Å²) < 4.78 is 6.09. The lowest BCUT2D eigenvalue weighted by molar-refractivity contribution is 0.304. The maximum Gasteiger partial charge on any atom is 0.128 e. The Morgan fingerprint density at radius 3 is 2.50 bits per heavy atom. The van der Waals surface area contributed by atoms with E-state index < -0.39 is 0 Å². The summed E-state index contributed by atoms with van der Waals surface area (Å²) in [6.07, 6.45) is 5.01. The number of rotatable bonds is 3. The number of halogens is 1. The van der Waals surface area contributed by atoms with Gasteiger partial charge in [-0.1, -0.05) is 13.0 Å². The normalized spacial score (nSPS) is 13.6. The molecule has 10 heavy (non-hydrogen) atoms. The van der Waals surface area contributed by atoms with E-state index in [1.54, 1.807) is 7.11 Å². The van der Waals surface area contributed by atoms with Gasteiger partial charge in [-0.25, -0.2) is 0 Å². The molecule has 0 aromatic rings. The Kier molecular flexibility index (Phi) is 5.40. The van der Waals surface area contributed by atoms with Crippen molar-refractivity contribution in [2.24, 2.45) is 0 Å². The molecule has 0 aliphatic rings. The summed E-state index contributed by atoms with van der Waals surface area (Å²) in [6, 6.07) is 0. The molecule has 58 valence electrons. The second-order valence-corrected chi connectivity index (χ2v) is 2.67. The molecule has 0 radical (unpaired) electrons. The van der Waals surface area contributed by atoms with Crippen molar-refractivity contribution < 1.29 is 4.74 Å². The lowest BCUT2D eigenvalue weighted by atomic mass is 10.3. The fourth-order valence-electron chi connectivity index (χ4n) is 0.633. The van der Waals surface area contributed by atoms with Gasteiger partial charge < -0.3 is 4.74 Å². The molecular weight excluding hydrogens is 192 g/mol.